The number of carbonyl (C=O) groups excluding carboxylic acids is 5. The number of aromatic nitrogens is 1. The number of nitrogens with zero attached hydrogens (tertiary/aromatic N) is 6. The molecule has 5 aromatic carbocycles. The minimum Gasteiger partial charge on any atom is -0.494 e. The Hall–Kier alpha value is -7.37. The van der Waals surface area contributed by atoms with Gasteiger partial charge in [0.25, 0.3) is 25.8 Å². The highest BCUT2D eigenvalue weighted by Gasteiger charge is 2.49. The fraction of sp³-hybridized carbons (Fsp3) is 0.481. The van der Waals surface area contributed by atoms with Gasteiger partial charge in [0.15, 0.2) is 0 Å². The molecule has 0 spiro atoms. The fourth-order valence-electron chi connectivity index (χ4n) is 14.6. The van der Waals surface area contributed by atoms with E-state index in [0.29, 0.717) is 99.0 Å². The first kappa shape index (κ1) is 78.7. The molecule has 4 unspecified atom stereocenters. The van der Waals surface area contributed by atoms with E-state index < -0.39 is 64.9 Å². The monoisotopic (exact) mass is 1540 g/mol. The Bertz CT molecular complexity index is 4300. The Balaban J connectivity index is 0.658. The second kappa shape index (κ2) is 35.1. The molecule has 4 atom stereocenters. The number of rotatable bonds is 29. The van der Waals surface area contributed by atoms with Crippen LogP contribution in [0.1, 0.15) is 147 Å². The quantitative estimate of drug-likeness (QED) is 0.0194. The Morgan fingerprint density at radius 2 is 1.50 bits per heavy atom. The van der Waals surface area contributed by atoms with E-state index in [1.807, 2.05) is 52.1 Å². The zero-order chi connectivity index (χ0) is 74.6. The number of ether oxygens (including phenoxy) is 1. The van der Waals surface area contributed by atoms with Crippen molar-refractivity contribution >= 4 is 101 Å². The predicted molar refractivity (Wildman–Crippen MR) is 405 cm³/mol. The zero-order valence-electron chi connectivity index (χ0n) is 59.8. The molecule has 5 aliphatic rings. The fourth-order valence-corrected chi connectivity index (χ4v) is 18.7. The summed E-state index contributed by atoms with van der Waals surface area (Å²) in [5.74, 6) is -0.999. The predicted octanol–water partition coefficient (Wildman–Crippen LogP) is 12.5. The van der Waals surface area contributed by atoms with Crippen LogP contribution in [0.25, 0.3) is 5.57 Å². The van der Waals surface area contributed by atoms with Crippen molar-refractivity contribution in [3.05, 3.63) is 165 Å². The summed E-state index contributed by atoms with van der Waals surface area (Å²) < 4.78 is 106. The van der Waals surface area contributed by atoms with Gasteiger partial charge >= 0.3 is 5.51 Å². The van der Waals surface area contributed by atoms with Gasteiger partial charge in [-0.25, -0.2) is 26.5 Å². The molecule has 4 amide bonds. The molecule has 20 nitrogen and oxygen atoms in total. The zero-order valence-corrected chi connectivity index (χ0v) is 63.8. The lowest BCUT2D eigenvalue weighted by atomic mass is 9.73. The molecule has 105 heavy (non-hydrogen) atoms. The van der Waals surface area contributed by atoms with Crippen LogP contribution in [0.5, 0.6) is 5.75 Å². The molecule has 4 N–H and O–H groups in total. The molecular formula is C77H94ClF3N10O10S4. The first-order valence-corrected chi connectivity index (χ1v) is 41.5. The first-order valence-electron chi connectivity index (χ1n) is 36.2. The number of sulfone groups is 1. The summed E-state index contributed by atoms with van der Waals surface area (Å²) >= 11 is 8.97. The summed E-state index contributed by atoms with van der Waals surface area (Å²) in [4.78, 5) is 82.3. The third kappa shape index (κ3) is 20.3. The first-order chi connectivity index (χ1) is 50.2. The van der Waals surface area contributed by atoms with E-state index in [4.69, 9.17) is 21.3 Å². The summed E-state index contributed by atoms with van der Waals surface area (Å²) in [6, 6.07) is 30.7. The maximum atomic E-state index is 14.6. The molecule has 3 aliphatic heterocycles. The van der Waals surface area contributed by atoms with Crippen molar-refractivity contribution in [3.63, 3.8) is 0 Å². The highest BCUT2D eigenvalue weighted by molar-refractivity contribution is 7.99. The number of sulfonamides is 1. The average molecular weight is 1540 g/mol. The largest absolute Gasteiger partial charge is 0.501 e. The number of ketones is 1. The van der Waals surface area contributed by atoms with Gasteiger partial charge < -0.3 is 35.4 Å². The normalized spacial score (nSPS) is 18.9. The van der Waals surface area contributed by atoms with E-state index >= 15 is 0 Å². The third-order valence-electron chi connectivity index (χ3n) is 20.8. The Kier molecular flexibility index (Phi) is 26.3. The molecule has 0 radical (unpaired) electrons. The molecule has 0 bridgehead atoms. The van der Waals surface area contributed by atoms with Crippen molar-refractivity contribution < 1.29 is 58.7 Å². The number of hydrogen-bond acceptors (Lipinski definition) is 18. The Morgan fingerprint density at radius 1 is 0.790 bits per heavy atom. The second-order valence-corrected chi connectivity index (χ2v) is 34.7. The smallest absolute Gasteiger partial charge is 0.494 e. The van der Waals surface area contributed by atoms with E-state index in [2.05, 4.69) is 56.6 Å². The van der Waals surface area contributed by atoms with Crippen LogP contribution in [0.3, 0.4) is 0 Å². The molecule has 564 valence electrons. The molecule has 3 saturated heterocycles. The van der Waals surface area contributed by atoms with Crippen LogP contribution in [0.2, 0.25) is 5.02 Å². The average Bonchev–Trinajstić information content (AvgIpc) is 1.24. The van der Waals surface area contributed by atoms with Crippen molar-refractivity contribution in [2.24, 2.45) is 11.3 Å². The van der Waals surface area contributed by atoms with Crippen molar-refractivity contribution in [1.29, 1.82) is 0 Å². The number of halogens is 4. The summed E-state index contributed by atoms with van der Waals surface area (Å²) in [6.07, 6.45) is 10.3. The number of thioether (sulfide) groups is 1. The Morgan fingerprint density at radius 3 is 2.21 bits per heavy atom. The maximum absolute atomic E-state index is 14.6. The van der Waals surface area contributed by atoms with Crippen LogP contribution in [-0.4, -0.2) is 186 Å². The number of piperazine rings is 2. The van der Waals surface area contributed by atoms with E-state index in [-0.39, 0.29) is 70.9 Å². The lowest BCUT2D eigenvalue weighted by Gasteiger charge is -2.39. The SMILES string of the molecule is CNC(C)C(=O)NC(C(=O)N1CCCC1c1nc(C(=O)c2cccc(OCCCC(=O)N3CCN(CCC(CSc4ccccc4)Nc4ccc(S(=O)(=O)NC(=O)c5ccc(N6CCN(CC7=C(c8ccc(Cl)cc8)CCC(C)(C)C7)CC6)cc5)cc4S(=O)(=O)C(F)(F)F)CC3)c2)cs1)C1CCCCC1. The minimum absolute atomic E-state index is 0.0373. The number of amides is 4. The number of alkyl halides is 3. The van der Waals surface area contributed by atoms with Gasteiger partial charge in [0.1, 0.15) is 27.4 Å². The van der Waals surface area contributed by atoms with E-state index in [1.165, 1.54) is 51.9 Å². The van der Waals surface area contributed by atoms with Gasteiger partial charge in [-0.3, -0.25) is 33.8 Å². The van der Waals surface area contributed by atoms with Gasteiger partial charge in [-0.15, -0.1) is 23.1 Å². The van der Waals surface area contributed by atoms with E-state index in [1.54, 1.807) is 60.6 Å². The molecule has 1 saturated carbocycles. The highest BCUT2D eigenvalue weighted by atomic mass is 35.5. The Labute approximate surface area is 627 Å². The van der Waals surface area contributed by atoms with Crippen molar-refractivity contribution in [2.75, 3.05) is 102 Å². The lowest BCUT2D eigenvalue weighted by Crippen LogP contribution is -2.55. The standard InChI is InChI=1S/C77H94ClF3N10O10S4/c1-52(82-4)72(94)85-70(54-14-7-5-8-15-54)75(96)91-35-12-20-67(91)74-84-66(51-103-74)71(93)56-16-11-17-61(46-56)101-45-13-21-69(92)90-43-37-87(38-44-90)36-33-59(50-102-62-18-9-6-10-19-62)83-65-31-30-63(47-68(65)104(97,98)77(79,80)81)105(99,100)86-73(95)55-24-28-60(29-25-55)89-41-39-88(40-42-89)49-57-48-76(2,3)34-32-64(57)53-22-26-58(78)27-23-53/h6,9-11,16-19,22-31,46-47,51-52,54,59,67,70,82-83H,5,7-8,12-15,20-21,32-45,48-50H2,1-4H3,(H,85,94)(H,86,95). The summed E-state index contributed by atoms with van der Waals surface area (Å²) in [5.41, 5.74) is -0.690. The maximum Gasteiger partial charge on any atom is 0.501 e. The summed E-state index contributed by atoms with van der Waals surface area (Å²) in [6.45, 7) is 13.1. The number of nitrogens with one attached hydrogen (secondary N) is 4. The second-order valence-electron chi connectivity index (χ2n) is 28.7. The number of likely N-dealkylation sites (tertiary alicyclic amines) is 1. The number of allylic oxidation sites excluding steroid dienone is 1. The number of benzene rings is 5. The van der Waals surface area contributed by atoms with Crippen LogP contribution < -0.4 is 30.3 Å². The number of likely N-dealkylation sites (N-methyl/N-ethyl adjacent to an activating group) is 1. The van der Waals surface area contributed by atoms with Crippen LogP contribution in [0.4, 0.5) is 24.5 Å². The molecule has 6 aromatic rings. The van der Waals surface area contributed by atoms with Crippen LogP contribution >= 0.6 is 34.7 Å². The lowest BCUT2D eigenvalue weighted by molar-refractivity contribution is -0.139. The van der Waals surface area contributed by atoms with Crippen molar-refractivity contribution in [2.45, 2.75) is 149 Å². The molecule has 11 rings (SSSR count). The molecule has 4 fully saturated rings. The highest BCUT2D eigenvalue weighted by Crippen LogP contribution is 2.44. The van der Waals surface area contributed by atoms with Gasteiger partial charge in [0, 0.05) is 122 Å². The summed E-state index contributed by atoms with van der Waals surface area (Å²) in [5, 5.41) is 12.1. The van der Waals surface area contributed by atoms with E-state index in [9.17, 15) is 54.0 Å². The van der Waals surface area contributed by atoms with Crippen LogP contribution in [0.15, 0.2) is 147 Å². The van der Waals surface area contributed by atoms with Gasteiger partial charge in [-0.1, -0.05) is 92.7 Å². The van der Waals surface area contributed by atoms with Crippen molar-refractivity contribution in [1.82, 2.24) is 39.9 Å². The van der Waals surface area contributed by atoms with Gasteiger partial charge in [-0.05, 0) is 173 Å². The van der Waals surface area contributed by atoms with Gasteiger partial charge in [0.2, 0.25) is 23.5 Å². The molecule has 4 heterocycles. The van der Waals surface area contributed by atoms with Crippen LogP contribution in [-0.2, 0) is 34.2 Å². The number of carbonyl (C=O) groups is 5. The van der Waals surface area contributed by atoms with Crippen molar-refractivity contribution in [3.8, 4) is 5.75 Å². The molecule has 28 heteroatoms. The van der Waals surface area contributed by atoms with Gasteiger partial charge in [0.05, 0.1) is 29.3 Å². The van der Waals surface area contributed by atoms with Crippen LogP contribution in [0, 0.1) is 11.3 Å². The van der Waals surface area contributed by atoms with Gasteiger partial charge in [-0.2, -0.15) is 13.2 Å². The third-order valence-corrected chi connectivity index (χ3v) is 26.0. The minimum atomic E-state index is -6.18. The topological polar surface area (TPSA) is 240 Å². The molecular weight excluding hydrogens is 1450 g/mol. The molecule has 2 aliphatic carbocycles. The number of anilines is 2. The molecule has 1 aromatic heterocycles. The summed E-state index contributed by atoms with van der Waals surface area (Å²) in [7, 11) is -9.41. The number of hydrogen-bond donors (Lipinski definition) is 4. The number of thiazole rings is 1. The van der Waals surface area contributed by atoms with E-state index in [0.717, 1.165) is 100 Å².